The molecule has 1 amide bonds. The summed E-state index contributed by atoms with van der Waals surface area (Å²) in [6.45, 7) is 0.269. The molecule has 1 N–H and O–H groups in total. The molecule has 0 saturated heterocycles. The number of halogens is 3. The zero-order valence-electron chi connectivity index (χ0n) is 10.0. The predicted octanol–water partition coefficient (Wildman–Crippen LogP) is 2.79. The minimum Gasteiger partial charge on any atom is -0.482 e. The average molecular weight is 272 g/mol. The lowest BCUT2D eigenvalue weighted by molar-refractivity contribution is -0.153. The number of nitriles is 1. The van der Waals surface area contributed by atoms with Crippen LogP contribution in [0.3, 0.4) is 0 Å². The topological polar surface area (TPSA) is 62.1 Å². The summed E-state index contributed by atoms with van der Waals surface area (Å²) in [4.78, 5) is 11.3. The van der Waals surface area contributed by atoms with E-state index in [1.807, 2.05) is 0 Å². The van der Waals surface area contributed by atoms with Crippen LogP contribution in [-0.2, 0) is 4.79 Å². The quantitative estimate of drug-likeness (QED) is 0.916. The van der Waals surface area contributed by atoms with Crippen molar-refractivity contribution in [1.29, 1.82) is 5.26 Å². The van der Waals surface area contributed by atoms with Crippen molar-refractivity contribution < 1.29 is 22.7 Å². The Morgan fingerprint density at radius 2 is 2.16 bits per heavy atom. The Kier molecular flexibility index (Phi) is 4.75. The van der Waals surface area contributed by atoms with Crippen LogP contribution in [0, 0.1) is 18.3 Å². The summed E-state index contributed by atoms with van der Waals surface area (Å²) in [6.07, 6.45) is -4.84. The van der Waals surface area contributed by atoms with Gasteiger partial charge in [0.1, 0.15) is 12.2 Å². The molecule has 0 fully saturated rings. The Labute approximate surface area is 107 Å². The molecule has 0 unspecified atom stereocenters. The summed E-state index contributed by atoms with van der Waals surface area (Å²) < 4.78 is 40.9. The molecule has 0 aliphatic heterocycles. The molecule has 0 spiro atoms. The molecular formula is C12H11F3N2O2. The zero-order valence-corrected chi connectivity index (χ0v) is 10.0. The minimum absolute atomic E-state index is 0.0887. The summed E-state index contributed by atoms with van der Waals surface area (Å²) in [5.74, 6) is -0.695. The fourth-order valence-electron chi connectivity index (χ4n) is 1.29. The SMILES string of the molecule is Cc1ccc(OCC(F)(F)F)c(NC(=O)CC#N)c1. The van der Waals surface area contributed by atoms with E-state index in [1.165, 1.54) is 12.1 Å². The molecule has 19 heavy (non-hydrogen) atoms. The van der Waals surface area contributed by atoms with E-state index in [1.54, 1.807) is 19.1 Å². The smallest absolute Gasteiger partial charge is 0.422 e. The van der Waals surface area contributed by atoms with E-state index in [2.05, 4.69) is 10.1 Å². The molecule has 1 aromatic rings. The van der Waals surface area contributed by atoms with Gasteiger partial charge in [0.05, 0.1) is 11.8 Å². The van der Waals surface area contributed by atoms with Crippen molar-refractivity contribution in [3.8, 4) is 11.8 Å². The lowest BCUT2D eigenvalue weighted by Crippen LogP contribution is -2.20. The molecule has 7 heteroatoms. The Hall–Kier alpha value is -2.23. The van der Waals surface area contributed by atoms with Crippen LogP contribution in [0.25, 0.3) is 0 Å². The number of hydrogen-bond acceptors (Lipinski definition) is 3. The fourth-order valence-corrected chi connectivity index (χ4v) is 1.29. The second-order valence-electron chi connectivity index (χ2n) is 3.79. The third kappa shape index (κ3) is 5.29. The Morgan fingerprint density at radius 3 is 2.74 bits per heavy atom. The van der Waals surface area contributed by atoms with Crippen LogP contribution < -0.4 is 10.1 Å². The van der Waals surface area contributed by atoms with E-state index in [0.717, 1.165) is 5.56 Å². The average Bonchev–Trinajstić information content (AvgIpc) is 2.27. The molecule has 0 bridgehead atoms. The molecule has 0 aliphatic rings. The van der Waals surface area contributed by atoms with E-state index in [4.69, 9.17) is 5.26 Å². The summed E-state index contributed by atoms with van der Waals surface area (Å²) in [6, 6.07) is 6.02. The molecular weight excluding hydrogens is 261 g/mol. The van der Waals surface area contributed by atoms with Crippen molar-refractivity contribution in [3.05, 3.63) is 23.8 Å². The van der Waals surface area contributed by atoms with Gasteiger partial charge in [-0.15, -0.1) is 0 Å². The van der Waals surface area contributed by atoms with Crippen molar-refractivity contribution in [2.75, 3.05) is 11.9 Å². The van der Waals surface area contributed by atoms with E-state index in [0.29, 0.717) is 0 Å². The van der Waals surface area contributed by atoms with Gasteiger partial charge in [-0.3, -0.25) is 4.79 Å². The highest BCUT2D eigenvalue weighted by Crippen LogP contribution is 2.27. The van der Waals surface area contributed by atoms with Crippen LogP contribution in [0.2, 0.25) is 0 Å². The number of benzene rings is 1. The summed E-state index contributed by atoms with van der Waals surface area (Å²) >= 11 is 0. The fraction of sp³-hybridized carbons (Fsp3) is 0.333. The molecule has 0 aromatic heterocycles. The predicted molar refractivity (Wildman–Crippen MR) is 61.6 cm³/mol. The number of alkyl halides is 3. The summed E-state index contributed by atoms with van der Waals surface area (Å²) in [5.41, 5.74) is 0.858. The number of carbonyl (C=O) groups excluding carboxylic acids is 1. The van der Waals surface area contributed by atoms with Crippen molar-refractivity contribution in [2.45, 2.75) is 19.5 Å². The van der Waals surface area contributed by atoms with E-state index in [-0.39, 0.29) is 17.9 Å². The first-order valence-electron chi connectivity index (χ1n) is 5.29. The lowest BCUT2D eigenvalue weighted by Gasteiger charge is -2.14. The van der Waals surface area contributed by atoms with E-state index >= 15 is 0 Å². The molecule has 4 nitrogen and oxygen atoms in total. The largest absolute Gasteiger partial charge is 0.482 e. The Balaban J connectivity index is 2.86. The minimum atomic E-state index is -4.46. The number of amides is 1. The van der Waals surface area contributed by atoms with Gasteiger partial charge < -0.3 is 10.1 Å². The third-order valence-electron chi connectivity index (χ3n) is 2.04. The Bertz CT molecular complexity index is 507. The number of hydrogen-bond donors (Lipinski definition) is 1. The van der Waals surface area contributed by atoms with Crippen molar-refractivity contribution >= 4 is 11.6 Å². The van der Waals surface area contributed by atoms with Gasteiger partial charge in [0.15, 0.2) is 6.61 Å². The zero-order chi connectivity index (χ0) is 14.5. The van der Waals surface area contributed by atoms with Crippen molar-refractivity contribution in [2.24, 2.45) is 0 Å². The van der Waals surface area contributed by atoms with Crippen LogP contribution >= 0.6 is 0 Å². The number of anilines is 1. The molecule has 0 aliphatic carbocycles. The second kappa shape index (κ2) is 6.09. The normalized spacial score (nSPS) is 10.7. The van der Waals surface area contributed by atoms with Gasteiger partial charge in [0, 0.05) is 0 Å². The maximum absolute atomic E-state index is 12.1. The van der Waals surface area contributed by atoms with Crippen molar-refractivity contribution in [1.82, 2.24) is 0 Å². The number of nitrogens with one attached hydrogen (secondary N) is 1. The van der Waals surface area contributed by atoms with Gasteiger partial charge in [-0.25, -0.2) is 0 Å². The number of rotatable bonds is 4. The first kappa shape index (κ1) is 14.8. The van der Waals surface area contributed by atoms with Crippen LogP contribution in [0.5, 0.6) is 5.75 Å². The summed E-state index contributed by atoms with van der Waals surface area (Å²) in [7, 11) is 0. The van der Waals surface area contributed by atoms with Crippen LogP contribution in [0.1, 0.15) is 12.0 Å². The molecule has 0 radical (unpaired) electrons. The van der Waals surface area contributed by atoms with Crippen LogP contribution in [0.15, 0.2) is 18.2 Å². The number of carbonyl (C=O) groups is 1. The highest BCUT2D eigenvalue weighted by molar-refractivity contribution is 5.93. The molecule has 102 valence electrons. The van der Waals surface area contributed by atoms with E-state index in [9.17, 15) is 18.0 Å². The Morgan fingerprint density at radius 1 is 1.47 bits per heavy atom. The molecule has 0 saturated carbocycles. The van der Waals surface area contributed by atoms with Crippen LogP contribution in [0.4, 0.5) is 18.9 Å². The maximum Gasteiger partial charge on any atom is 0.422 e. The van der Waals surface area contributed by atoms with E-state index < -0.39 is 18.7 Å². The monoisotopic (exact) mass is 272 g/mol. The van der Waals surface area contributed by atoms with Crippen molar-refractivity contribution in [3.63, 3.8) is 0 Å². The first-order chi connectivity index (χ1) is 8.81. The summed E-state index contributed by atoms with van der Waals surface area (Å²) in [5, 5.41) is 10.7. The maximum atomic E-state index is 12.1. The van der Waals surface area contributed by atoms with Crippen LogP contribution in [-0.4, -0.2) is 18.7 Å². The first-order valence-corrected chi connectivity index (χ1v) is 5.29. The number of nitrogens with zero attached hydrogens (tertiary/aromatic N) is 1. The lowest BCUT2D eigenvalue weighted by atomic mass is 10.2. The van der Waals surface area contributed by atoms with Gasteiger partial charge in [0.2, 0.25) is 5.91 Å². The highest BCUT2D eigenvalue weighted by Gasteiger charge is 2.28. The molecule has 0 heterocycles. The number of aryl methyl sites for hydroxylation is 1. The molecule has 1 aromatic carbocycles. The molecule has 0 atom stereocenters. The van der Waals surface area contributed by atoms with Gasteiger partial charge in [-0.1, -0.05) is 6.07 Å². The van der Waals surface area contributed by atoms with Gasteiger partial charge in [0.25, 0.3) is 0 Å². The standard InChI is InChI=1S/C12H11F3N2O2/c1-8-2-3-10(19-7-12(13,14)15)9(6-8)17-11(18)4-5-16/h2-3,6H,4,7H2,1H3,(H,17,18). The second-order valence-corrected chi connectivity index (χ2v) is 3.79. The van der Waals surface area contributed by atoms with Gasteiger partial charge in [-0.2, -0.15) is 18.4 Å². The van der Waals surface area contributed by atoms with Gasteiger partial charge >= 0.3 is 6.18 Å². The van der Waals surface area contributed by atoms with Gasteiger partial charge in [-0.05, 0) is 24.6 Å². The molecule has 1 rings (SSSR count). The highest BCUT2D eigenvalue weighted by atomic mass is 19.4. The number of ether oxygens (including phenoxy) is 1. The third-order valence-corrected chi connectivity index (χ3v) is 2.04.